The van der Waals surface area contributed by atoms with Crippen molar-refractivity contribution in [1.82, 2.24) is 5.32 Å². The number of carbonyl (C=O) groups is 2. The second-order valence-electron chi connectivity index (χ2n) is 3.35. The van der Waals surface area contributed by atoms with Crippen molar-refractivity contribution in [3.05, 3.63) is 0 Å². The lowest BCUT2D eigenvalue weighted by atomic mass is 10.0. The molecule has 0 aromatic rings. The maximum absolute atomic E-state index is 11.5. The SMILES string of the molecule is CCC1CC1(C(=O)NC)C(=O)OC. The van der Waals surface area contributed by atoms with Crippen LogP contribution >= 0.6 is 0 Å². The van der Waals surface area contributed by atoms with Gasteiger partial charge in [-0.2, -0.15) is 0 Å². The maximum atomic E-state index is 11.5. The summed E-state index contributed by atoms with van der Waals surface area (Å²) in [5, 5.41) is 2.51. The summed E-state index contributed by atoms with van der Waals surface area (Å²) in [4.78, 5) is 22.8. The Bertz CT molecular complexity index is 221. The van der Waals surface area contributed by atoms with E-state index in [0.717, 1.165) is 6.42 Å². The van der Waals surface area contributed by atoms with Gasteiger partial charge in [-0.3, -0.25) is 9.59 Å². The van der Waals surface area contributed by atoms with Gasteiger partial charge in [0, 0.05) is 7.05 Å². The molecule has 0 aromatic carbocycles. The van der Waals surface area contributed by atoms with E-state index in [4.69, 9.17) is 0 Å². The standard InChI is InChI=1S/C9H15NO3/c1-4-6-5-9(6,7(11)10-2)8(12)13-3/h6H,4-5H2,1-3H3,(H,10,11). The van der Waals surface area contributed by atoms with Gasteiger partial charge in [-0.1, -0.05) is 13.3 Å². The van der Waals surface area contributed by atoms with Crippen molar-refractivity contribution >= 4 is 11.9 Å². The van der Waals surface area contributed by atoms with Gasteiger partial charge in [-0.15, -0.1) is 0 Å². The summed E-state index contributed by atoms with van der Waals surface area (Å²) >= 11 is 0. The van der Waals surface area contributed by atoms with Crippen LogP contribution in [-0.2, 0) is 14.3 Å². The van der Waals surface area contributed by atoms with Crippen LogP contribution < -0.4 is 5.32 Å². The van der Waals surface area contributed by atoms with Crippen LogP contribution in [0.25, 0.3) is 0 Å². The lowest BCUT2D eigenvalue weighted by molar-refractivity contribution is -0.152. The number of rotatable bonds is 3. The molecule has 4 nitrogen and oxygen atoms in total. The topological polar surface area (TPSA) is 55.4 Å². The summed E-state index contributed by atoms with van der Waals surface area (Å²) in [6.45, 7) is 1.97. The van der Waals surface area contributed by atoms with Crippen LogP contribution in [-0.4, -0.2) is 26.0 Å². The van der Waals surface area contributed by atoms with Crippen molar-refractivity contribution in [2.75, 3.05) is 14.2 Å². The molecular formula is C9H15NO3. The molecule has 1 saturated carbocycles. The number of carbonyl (C=O) groups excluding carboxylic acids is 2. The first-order valence-corrected chi connectivity index (χ1v) is 4.44. The number of methoxy groups -OCH3 is 1. The molecule has 1 rings (SSSR count). The molecule has 1 amide bonds. The number of nitrogens with one attached hydrogen (secondary N) is 1. The molecule has 1 aliphatic rings. The second kappa shape index (κ2) is 3.36. The first-order chi connectivity index (χ1) is 6.13. The van der Waals surface area contributed by atoms with Gasteiger partial charge in [-0.25, -0.2) is 0 Å². The Morgan fingerprint density at radius 1 is 1.62 bits per heavy atom. The lowest BCUT2D eigenvalue weighted by Crippen LogP contribution is -2.37. The highest BCUT2D eigenvalue weighted by Crippen LogP contribution is 2.55. The zero-order valence-electron chi connectivity index (χ0n) is 8.22. The van der Waals surface area contributed by atoms with E-state index < -0.39 is 11.4 Å². The van der Waals surface area contributed by atoms with Crippen LogP contribution in [0.2, 0.25) is 0 Å². The van der Waals surface area contributed by atoms with Crippen molar-refractivity contribution < 1.29 is 14.3 Å². The number of amides is 1. The maximum Gasteiger partial charge on any atom is 0.321 e. The Morgan fingerprint density at radius 3 is 2.54 bits per heavy atom. The fourth-order valence-corrected chi connectivity index (χ4v) is 1.85. The van der Waals surface area contributed by atoms with Crippen LogP contribution in [0.15, 0.2) is 0 Å². The molecule has 1 fully saturated rings. The van der Waals surface area contributed by atoms with Crippen LogP contribution in [0.3, 0.4) is 0 Å². The Morgan fingerprint density at radius 2 is 2.23 bits per heavy atom. The van der Waals surface area contributed by atoms with Gasteiger partial charge in [-0.05, 0) is 12.3 Å². The van der Waals surface area contributed by atoms with E-state index >= 15 is 0 Å². The van der Waals surface area contributed by atoms with Gasteiger partial charge in [0.05, 0.1) is 7.11 Å². The zero-order chi connectivity index (χ0) is 10.1. The van der Waals surface area contributed by atoms with Crippen molar-refractivity contribution in [2.24, 2.45) is 11.3 Å². The first kappa shape index (κ1) is 10.0. The summed E-state index contributed by atoms with van der Waals surface area (Å²) < 4.78 is 4.63. The quantitative estimate of drug-likeness (QED) is 0.509. The molecule has 0 aliphatic heterocycles. The molecule has 1 aliphatic carbocycles. The van der Waals surface area contributed by atoms with Crippen molar-refractivity contribution in [2.45, 2.75) is 19.8 Å². The van der Waals surface area contributed by atoms with Gasteiger partial charge in [0.25, 0.3) is 0 Å². The average molecular weight is 185 g/mol. The highest BCUT2D eigenvalue weighted by Gasteiger charge is 2.65. The van der Waals surface area contributed by atoms with Crippen LogP contribution in [0.1, 0.15) is 19.8 Å². The third kappa shape index (κ3) is 1.30. The molecule has 0 spiro atoms. The van der Waals surface area contributed by atoms with E-state index in [0.29, 0.717) is 6.42 Å². The number of ether oxygens (including phenoxy) is 1. The minimum atomic E-state index is -0.877. The third-order valence-electron chi connectivity index (χ3n) is 2.78. The molecule has 74 valence electrons. The predicted octanol–water partition coefficient (Wildman–Crippen LogP) is 0.322. The summed E-state index contributed by atoms with van der Waals surface area (Å²) in [7, 11) is 2.86. The van der Waals surface area contributed by atoms with Gasteiger partial charge < -0.3 is 10.1 Å². The zero-order valence-corrected chi connectivity index (χ0v) is 8.22. The minimum absolute atomic E-state index is 0.153. The Kier molecular flexibility index (Phi) is 2.59. The minimum Gasteiger partial charge on any atom is -0.468 e. The Hall–Kier alpha value is -1.06. The van der Waals surface area contributed by atoms with Crippen molar-refractivity contribution in [3.63, 3.8) is 0 Å². The molecule has 0 bridgehead atoms. The average Bonchev–Trinajstić information content (AvgIpc) is 2.91. The van der Waals surface area contributed by atoms with E-state index in [9.17, 15) is 9.59 Å². The normalized spacial score (nSPS) is 30.8. The molecular weight excluding hydrogens is 170 g/mol. The van der Waals surface area contributed by atoms with Gasteiger partial charge >= 0.3 is 5.97 Å². The van der Waals surface area contributed by atoms with Gasteiger partial charge in [0.15, 0.2) is 0 Å². The molecule has 4 heteroatoms. The number of esters is 1. The highest BCUT2D eigenvalue weighted by atomic mass is 16.5. The van der Waals surface area contributed by atoms with E-state index in [1.807, 2.05) is 6.92 Å². The fraction of sp³-hybridized carbons (Fsp3) is 0.778. The molecule has 13 heavy (non-hydrogen) atoms. The number of hydrogen-bond acceptors (Lipinski definition) is 3. The Labute approximate surface area is 77.6 Å². The molecule has 0 heterocycles. The molecule has 2 unspecified atom stereocenters. The largest absolute Gasteiger partial charge is 0.468 e. The summed E-state index contributed by atoms with van der Waals surface area (Å²) in [6, 6.07) is 0. The number of hydrogen-bond donors (Lipinski definition) is 1. The second-order valence-corrected chi connectivity index (χ2v) is 3.35. The Balaban J connectivity index is 2.80. The molecule has 0 aromatic heterocycles. The smallest absolute Gasteiger partial charge is 0.321 e. The van der Waals surface area contributed by atoms with E-state index in [1.165, 1.54) is 14.2 Å². The first-order valence-electron chi connectivity index (χ1n) is 4.44. The monoisotopic (exact) mass is 185 g/mol. The molecule has 2 atom stereocenters. The van der Waals surface area contributed by atoms with Crippen molar-refractivity contribution in [3.8, 4) is 0 Å². The van der Waals surface area contributed by atoms with Gasteiger partial charge in [0.1, 0.15) is 5.41 Å². The summed E-state index contributed by atoms with van der Waals surface area (Å²) in [6.07, 6.45) is 1.46. The van der Waals surface area contributed by atoms with Crippen molar-refractivity contribution in [1.29, 1.82) is 0 Å². The molecule has 1 N–H and O–H groups in total. The van der Waals surface area contributed by atoms with Gasteiger partial charge in [0.2, 0.25) is 5.91 Å². The fourth-order valence-electron chi connectivity index (χ4n) is 1.85. The summed E-state index contributed by atoms with van der Waals surface area (Å²) in [5.74, 6) is -0.468. The summed E-state index contributed by atoms with van der Waals surface area (Å²) in [5.41, 5.74) is -0.877. The van der Waals surface area contributed by atoms with Crippen LogP contribution in [0.5, 0.6) is 0 Å². The van der Waals surface area contributed by atoms with Crippen LogP contribution in [0.4, 0.5) is 0 Å². The van der Waals surface area contributed by atoms with E-state index in [2.05, 4.69) is 10.1 Å². The molecule has 0 saturated heterocycles. The third-order valence-corrected chi connectivity index (χ3v) is 2.78. The highest BCUT2D eigenvalue weighted by molar-refractivity contribution is 6.06. The lowest BCUT2D eigenvalue weighted by Gasteiger charge is -2.12. The van der Waals surface area contributed by atoms with E-state index in [1.54, 1.807) is 0 Å². The van der Waals surface area contributed by atoms with Crippen LogP contribution in [0, 0.1) is 11.3 Å². The predicted molar refractivity (Wildman–Crippen MR) is 46.9 cm³/mol. The molecule has 0 radical (unpaired) electrons. The van der Waals surface area contributed by atoms with E-state index in [-0.39, 0.29) is 11.8 Å².